The molecule has 0 radical (unpaired) electrons. The minimum atomic E-state index is -1.63. The van der Waals surface area contributed by atoms with Crippen molar-refractivity contribution in [2.75, 3.05) is 18.5 Å². The van der Waals surface area contributed by atoms with Gasteiger partial charge in [-0.2, -0.15) is 10.2 Å². The van der Waals surface area contributed by atoms with Crippen LogP contribution in [0.2, 0.25) is 0 Å². The molecule has 0 bridgehead atoms. The Balaban J connectivity index is 1.38. The van der Waals surface area contributed by atoms with Gasteiger partial charge in [0.2, 0.25) is 0 Å². The number of nitrogens with one attached hydrogen (secondary N) is 2. The Labute approximate surface area is 323 Å². The van der Waals surface area contributed by atoms with Crippen LogP contribution in [0, 0.1) is 11.3 Å². The predicted molar refractivity (Wildman–Crippen MR) is 214 cm³/mol. The molecule has 4 aromatic carbocycles. The number of amides is 1. The zero-order valence-electron chi connectivity index (χ0n) is 31.5. The summed E-state index contributed by atoms with van der Waals surface area (Å²) in [7, 11) is -1.63. The SMILES string of the molecule is CC(C)N(C(C)C)P(OCC#N)OCC1O[C@@H](n2ccc(NC(=O)c3ccccc3)nc2=O)C[C@H]1NC(c1ccccc1)(c1ccccc1)c1ccccc1. The molecule has 1 amide bonds. The molecule has 4 atom stereocenters. The van der Waals surface area contributed by atoms with Gasteiger partial charge < -0.3 is 19.1 Å². The first-order valence-corrected chi connectivity index (χ1v) is 19.6. The van der Waals surface area contributed by atoms with E-state index in [-0.39, 0.29) is 43.1 Å². The summed E-state index contributed by atoms with van der Waals surface area (Å²) in [5.41, 5.74) is 2.14. The summed E-state index contributed by atoms with van der Waals surface area (Å²) in [6.07, 6.45) is 0.695. The highest BCUT2D eigenvalue weighted by molar-refractivity contribution is 7.44. The molecule has 0 saturated carbocycles. The molecule has 1 aromatic heterocycles. The van der Waals surface area contributed by atoms with E-state index in [0.717, 1.165) is 16.7 Å². The molecule has 2 heterocycles. The average molecular weight is 759 g/mol. The third-order valence-corrected chi connectivity index (χ3v) is 11.5. The lowest BCUT2D eigenvalue weighted by molar-refractivity contribution is -0.0275. The van der Waals surface area contributed by atoms with E-state index in [4.69, 9.17) is 13.8 Å². The number of benzene rings is 4. The molecular weight excluding hydrogens is 711 g/mol. The molecule has 0 spiro atoms. The number of nitriles is 1. The number of aromatic nitrogens is 2. The second kappa shape index (κ2) is 18.5. The van der Waals surface area contributed by atoms with Crippen molar-refractivity contribution in [1.82, 2.24) is 19.5 Å². The number of anilines is 1. The first-order chi connectivity index (χ1) is 26.7. The Kier molecular flexibility index (Phi) is 13.3. The Morgan fingerprint density at radius 3 is 1.89 bits per heavy atom. The van der Waals surface area contributed by atoms with Crippen molar-refractivity contribution in [1.29, 1.82) is 5.26 Å². The van der Waals surface area contributed by atoms with Crippen LogP contribution in [0.15, 0.2) is 138 Å². The highest BCUT2D eigenvalue weighted by Crippen LogP contribution is 2.47. The van der Waals surface area contributed by atoms with Crippen molar-refractivity contribution in [2.24, 2.45) is 0 Å². The van der Waals surface area contributed by atoms with Crippen LogP contribution >= 0.6 is 8.53 Å². The number of rotatable bonds is 16. The van der Waals surface area contributed by atoms with Crippen LogP contribution in [0.3, 0.4) is 0 Å². The van der Waals surface area contributed by atoms with Gasteiger partial charge in [0.1, 0.15) is 18.7 Å². The molecule has 1 fully saturated rings. The number of carbonyl (C=O) groups is 1. The molecule has 2 unspecified atom stereocenters. The smallest absolute Gasteiger partial charge is 0.351 e. The van der Waals surface area contributed by atoms with E-state index >= 15 is 0 Å². The fourth-order valence-electron chi connectivity index (χ4n) is 7.14. The minimum Gasteiger partial charge on any atom is -0.351 e. The fourth-order valence-corrected chi connectivity index (χ4v) is 8.68. The molecule has 6 rings (SSSR count). The van der Waals surface area contributed by atoms with Crippen LogP contribution < -0.4 is 16.3 Å². The van der Waals surface area contributed by atoms with Crippen LogP contribution in [0.5, 0.6) is 0 Å². The maximum atomic E-state index is 13.6. The van der Waals surface area contributed by atoms with E-state index in [1.165, 1.54) is 4.57 Å². The van der Waals surface area contributed by atoms with Crippen molar-refractivity contribution in [3.05, 3.63) is 166 Å². The Bertz CT molecular complexity index is 1970. The van der Waals surface area contributed by atoms with E-state index in [1.807, 2.05) is 60.7 Å². The van der Waals surface area contributed by atoms with Gasteiger partial charge in [-0.1, -0.05) is 109 Å². The monoisotopic (exact) mass is 758 g/mol. The molecule has 284 valence electrons. The molecule has 55 heavy (non-hydrogen) atoms. The Morgan fingerprint density at radius 2 is 1.40 bits per heavy atom. The first kappa shape index (κ1) is 39.6. The average Bonchev–Trinajstić information content (AvgIpc) is 3.60. The second-order valence-corrected chi connectivity index (χ2v) is 15.3. The number of carbonyl (C=O) groups excluding carboxylic acids is 1. The van der Waals surface area contributed by atoms with Gasteiger partial charge in [0.05, 0.1) is 24.3 Å². The fraction of sp³-hybridized carbons (Fsp3) is 0.302. The molecule has 1 aliphatic heterocycles. The maximum Gasteiger partial charge on any atom is 0.351 e. The highest BCUT2D eigenvalue weighted by Gasteiger charge is 2.45. The molecule has 2 N–H and O–H groups in total. The molecular formula is C43H47N6O5P. The van der Waals surface area contributed by atoms with E-state index in [2.05, 4.69) is 90.5 Å². The van der Waals surface area contributed by atoms with Crippen molar-refractivity contribution in [3.63, 3.8) is 0 Å². The van der Waals surface area contributed by atoms with Crippen molar-refractivity contribution in [2.45, 2.75) is 70.1 Å². The molecule has 12 heteroatoms. The van der Waals surface area contributed by atoms with Crippen molar-refractivity contribution >= 4 is 20.3 Å². The quantitative estimate of drug-likeness (QED) is 0.0771. The molecule has 0 aliphatic carbocycles. The topological polar surface area (TPSA) is 131 Å². The van der Waals surface area contributed by atoms with Crippen molar-refractivity contribution in [3.8, 4) is 6.07 Å². The largest absolute Gasteiger partial charge is 0.351 e. The predicted octanol–water partition coefficient (Wildman–Crippen LogP) is 7.64. The lowest BCUT2D eigenvalue weighted by Crippen LogP contribution is -2.53. The highest BCUT2D eigenvalue weighted by atomic mass is 31.2. The van der Waals surface area contributed by atoms with Crippen LogP contribution in [0.1, 0.15) is 67.4 Å². The first-order valence-electron chi connectivity index (χ1n) is 18.5. The summed E-state index contributed by atoms with van der Waals surface area (Å²) in [6, 6.07) is 43.1. The summed E-state index contributed by atoms with van der Waals surface area (Å²) in [5, 5.41) is 16.2. The van der Waals surface area contributed by atoms with Crippen LogP contribution in [0.4, 0.5) is 5.82 Å². The van der Waals surface area contributed by atoms with Gasteiger partial charge in [0, 0.05) is 36.3 Å². The number of hydrogen-bond donors (Lipinski definition) is 2. The summed E-state index contributed by atoms with van der Waals surface area (Å²) in [4.78, 5) is 30.7. The van der Waals surface area contributed by atoms with Gasteiger partial charge in [0.15, 0.2) is 0 Å². The van der Waals surface area contributed by atoms with Crippen LogP contribution in [0.25, 0.3) is 0 Å². The maximum absolute atomic E-state index is 13.6. The van der Waals surface area contributed by atoms with Crippen LogP contribution in [-0.4, -0.2) is 57.6 Å². The van der Waals surface area contributed by atoms with E-state index in [0.29, 0.717) is 12.0 Å². The third-order valence-electron chi connectivity index (χ3n) is 9.51. The summed E-state index contributed by atoms with van der Waals surface area (Å²) >= 11 is 0. The van der Waals surface area contributed by atoms with E-state index in [1.54, 1.807) is 36.5 Å². The normalized spacial score (nSPS) is 17.7. The summed E-state index contributed by atoms with van der Waals surface area (Å²) in [6.45, 7) is 8.27. The minimum absolute atomic E-state index is 0.0865. The summed E-state index contributed by atoms with van der Waals surface area (Å²) < 4.78 is 23.0. The van der Waals surface area contributed by atoms with E-state index in [9.17, 15) is 14.9 Å². The van der Waals surface area contributed by atoms with Gasteiger partial charge in [-0.05, 0) is 62.6 Å². The van der Waals surface area contributed by atoms with Gasteiger partial charge in [0.25, 0.3) is 14.4 Å². The number of hydrogen-bond acceptors (Lipinski definition) is 9. The third kappa shape index (κ3) is 9.26. The summed E-state index contributed by atoms with van der Waals surface area (Å²) in [5.74, 6) is -0.225. The zero-order chi connectivity index (χ0) is 38.8. The standard InChI is InChI=1S/C43H47N6O5P/c1-31(2)49(32(3)4)55(52-28-26-44)53-30-38-37(29-40(54-38)48-27-25-39(46-42(48)51)45-41(50)33-17-9-5-10-18-33)47-43(34-19-11-6-12-20-34,35-21-13-7-14-22-35)36-23-15-8-16-24-36/h5-25,27,31-32,37-38,40,47H,28-30H2,1-4H3,(H,45,46,50,51)/t37-,38?,40-,55?/m1/s1. The molecule has 5 aromatic rings. The number of nitrogens with zero attached hydrogens (tertiary/aromatic N) is 4. The lowest BCUT2D eigenvalue weighted by atomic mass is 9.76. The number of ether oxygens (including phenoxy) is 1. The van der Waals surface area contributed by atoms with Crippen LogP contribution in [-0.2, 0) is 19.3 Å². The van der Waals surface area contributed by atoms with Crippen molar-refractivity contribution < 1.29 is 18.6 Å². The van der Waals surface area contributed by atoms with Gasteiger partial charge in [-0.3, -0.25) is 14.7 Å². The Morgan fingerprint density at radius 1 is 0.873 bits per heavy atom. The zero-order valence-corrected chi connectivity index (χ0v) is 32.4. The van der Waals surface area contributed by atoms with Gasteiger partial charge >= 0.3 is 5.69 Å². The molecule has 1 aliphatic rings. The lowest BCUT2D eigenvalue weighted by Gasteiger charge is -2.40. The van der Waals surface area contributed by atoms with E-state index < -0.39 is 32.1 Å². The Hall–Kier alpha value is -5.05. The molecule has 1 saturated heterocycles. The molecule has 11 nitrogen and oxygen atoms in total. The van der Waals surface area contributed by atoms with Gasteiger partial charge in [-0.15, -0.1) is 0 Å². The van der Waals surface area contributed by atoms with Gasteiger partial charge in [-0.25, -0.2) is 9.46 Å². The second-order valence-electron chi connectivity index (χ2n) is 13.8.